The van der Waals surface area contributed by atoms with E-state index >= 15 is 0 Å². The molecule has 4 nitrogen and oxygen atoms in total. The highest BCUT2D eigenvalue weighted by Gasteiger charge is 2.49. The Morgan fingerprint density at radius 1 is 0.533 bits per heavy atom. The van der Waals surface area contributed by atoms with Crippen LogP contribution in [0.2, 0.25) is 0 Å². The smallest absolute Gasteiger partial charge is 0.300 e. The molecule has 8 aliphatic carbocycles. The molecule has 30 heavy (non-hydrogen) atoms. The maximum absolute atomic E-state index is 9.00. The van der Waals surface area contributed by atoms with Crippen molar-refractivity contribution in [3.63, 3.8) is 0 Å². The van der Waals surface area contributed by atoms with Crippen LogP contribution < -0.4 is 0 Å². The SMILES string of the molecule is CC(=O)O.CC(=O)O.CC12CC3CC(CC(C3)C1)C2.CC12CC3CC(CC(C3)C1)C2. The topological polar surface area (TPSA) is 74.6 Å². The van der Waals surface area contributed by atoms with Gasteiger partial charge in [0, 0.05) is 13.8 Å². The van der Waals surface area contributed by atoms with Crippen LogP contribution in [0.15, 0.2) is 0 Å². The number of rotatable bonds is 0. The normalized spacial score (nSPS) is 45.9. The highest BCUT2D eigenvalue weighted by Crippen LogP contribution is 2.60. The standard InChI is InChI=1S/2C11H18.2C2H4O2/c2*1-11-5-8-2-9(6-11)4-10(3-8)7-11;2*1-2(3)4/h2*8-10H,2-7H2,1H3;2*1H3,(H,3,4). The summed E-state index contributed by atoms with van der Waals surface area (Å²) in [4.78, 5) is 18.0. The Morgan fingerprint density at radius 2 is 0.667 bits per heavy atom. The fraction of sp³-hybridized carbons (Fsp3) is 0.923. The molecule has 0 aliphatic heterocycles. The monoisotopic (exact) mass is 420 g/mol. The number of aliphatic carboxylic acids is 2. The number of carbonyl (C=O) groups is 2. The number of hydrogen-bond donors (Lipinski definition) is 2. The largest absolute Gasteiger partial charge is 0.481 e. The van der Waals surface area contributed by atoms with Gasteiger partial charge in [0.05, 0.1) is 0 Å². The summed E-state index contributed by atoms with van der Waals surface area (Å²) in [5, 5.41) is 14.8. The van der Waals surface area contributed by atoms with E-state index in [0.717, 1.165) is 60.2 Å². The van der Waals surface area contributed by atoms with E-state index in [1.54, 1.807) is 77.0 Å². The van der Waals surface area contributed by atoms with Gasteiger partial charge in [-0.15, -0.1) is 0 Å². The number of carboxylic acid groups (broad SMARTS) is 2. The van der Waals surface area contributed by atoms with Gasteiger partial charge in [0.15, 0.2) is 0 Å². The van der Waals surface area contributed by atoms with E-state index in [0.29, 0.717) is 0 Å². The van der Waals surface area contributed by atoms with Crippen LogP contribution in [0.25, 0.3) is 0 Å². The molecule has 0 aromatic heterocycles. The Balaban J connectivity index is 0.000000128. The molecule has 0 unspecified atom stereocenters. The zero-order chi connectivity index (χ0) is 22.1. The van der Waals surface area contributed by atoms with Crippen LogP contribution in [-0.2, 0) is 9.59 Å². The van der Waals surface area contributed by atoms with Crippen molar-refractivity contribution in [3.8, 4) is 0 Å². The van der Waals surface area contributed by atoms with E-state index in [9.17, 15) is 0 Å². The van der Waals surface area contributed by atoms with Crippen molar-refractivity contribution in [1.82, 2.24) is 0 Å². The molecule has 0 amide bonds. The fourth-order valence-electron chi connectivity index (χ4n) is 9.09. The van der Waals surface area contributed by atoms with Gasteiger partial charge in [0.25, 0.3) is 11.9 Å². The van der Waals surface area contributed by atoms with Gasteiger partial charge in [-0.3, -0.25) is 9.59 Å². The molecule has 8 aliphatic rings. The summed E-state index contributed by atoms with van der Waals surface area (Å²) in [5.41, 5.74) is 1.60. The van der Waals surface area contributed by atoms with Gasteiger partial charge in [0.2, 0.25) is 0 Å². The Bertz CT molecular complexity index is 490. The Labute approximate surface area is 183 Å². The summed E-state index contributed by atoms with van der Waals surface area (Å²) in [6.45, 7) is 7.24. The number of hydrogen-bond acceptors (Lipinski definition) is 2. The zero-order valence-electron chi connectivity index (χ0n) is 19.7. The average molecular weight is 421 g/mol. The Morgan fingerprint density at radius 3 is 0.767 bits per heavy atom. The third kappa shape index (κ3) is 6.47. The first-order chi connectivity index (χ1) is 13.9. The van der Waals surface area contributed by atoms with Crippen LogP contribution in [0, 0.1) is 46.3 Å². The average Bonchev–Trinajstić information content (AvgIpc) is 2.49. The van der Waals surface area contributed by atoms with E-state index in [1.165, 1.54) is 0 Å². The molecule has 0 heterocycles. The highest BCUT2D eigenvalue weighted by atomic mass is 16.4. The van der Waals surface area contributed by atoms with Gasteiger partial charge in [-0.1, -0.05) is 13.8 Å². The molecule has 8 fully saturated rings. The molecule has 0 spiro atoms. The van der Waals surface area contributed by atoms with Crippen LogP contribution in [0.3, 0.4) is 0 Å². The lowest BCUT2D eigenvalue weighted by atomic mass is 9.50. The Hall–Kier alpha value is -1.06. The van der Waals surface area contributed by atoms with E-state index in [-0.39, 0.29) is 0 Å². The van der Waals surface area contributed by atoms with Gasteiger partial charge in [-0.05, 0) is 123 Å². The second-order valence-corrected chi connectivity index (χ2v) is 12.5. The molecule has 2 N–H and O–H groups in total. The fourth-order valence-corrected chi connectivity index (χ4v) is 9.09. The quantitative estimate of drug-likeness (QED) is 0.461. The summed E-state index contributed by atoms with van der Waals surface area (Å²) in [6.07, 6.45) is 19.0. The first-order valence-electron chi connectivity index (χ1n) is 12.3. The van der Waals surface area contributed by atoms with Crippen molar-refractivity contribution in [1.29, 1.82) is 0 Å². The first-order valence-corrected chi connectivity index (χ1v) is 12.3. The molecule has 0 aromatic rings. The van der Waals surface area contributed by atoms with E-state index in [4.69, 9.17) is 19.8 Å². The minimum atomic E-state index is -0.833. The van der Waals surface area contributed by atoms with Crippen molar-refractivity contribution in [2.24, 2.45) is 46.3 Å². The summed E-state index contributed by atoms with van der Waals surface area (Å²) >= 11 is 0. The minimum absolute atomic E-state index is 0.800. The zero-order valence-corrected chi connectivity index (χ0v) is 19.7. The van der Waals surface area contributed by atoms with Crippen molar-refractivity contribution < 1.29 is 19.8 Å². The third-order valence-electron chi connectivity index (χ3n) is 8.69. The summed E-state index contributed by atoms with van der Waals surface area (Å²) in [7, 11) is 0. The van der Waals surface area contributed by atoms with E-state index < -0.39 is 11.9 Å². The van der Waals surface area contributed by atoms with Gasteiger partial charge in [-0.2, -0.15) is 0 Å². The Kier molecular flexibility index (Phi) is 7.24. The molecule has 8 saturated carbocycles. The van der Waals surface area contributed by atoms with Gasteiger partial charge in [-0.25, -0.2) is 0 Å². The van der Waals surface area contributed by atoms with Crippen LogP contribution in [0.5, 0.6) is 0 Å². The second-order valence-electron chi connectivity index (χ2n) is 12.5. The predicted molar refractivity (Wildman–Crippen MR) is 119 cm³/mol. The molecule has 0 saturated heterocycles. The summed E-state index contributed by atoms with van der Waals surface area (Å²) in [5.74, 6) is 5.20. The van der Waals surface area contributed by atoms with Gasteiger partial charge in [0.1, 0.15) is 0 Å². The molecule has 0 atom stereocenters. The maximum atomic E-state index is 9.00. The van der Waals surface area contributed by atoms with Gasteiger partial charge >= 0.3 is 0 Å². The van der Waals surface area contributed by atoms with Crippen molar-refractivity contribution in [3.05, 3.63) is 0 Å². The maximum Gasteiger partial charge on any atom is 0.300 e. The molecule has 0 radical (unpaired) electrons. The van der Waals surface area contributed by atoms with Crippen LogP contribution >= 0.6 is 0 Å². The highest BCUT2D eigenvalue weighted by molar-refractivity contribution is 5.63. The lowest BCUT2D eigenvalue weighted by Crippen LogP contribution is -2.44. The molecule has 172 valence electrons. The van der Waals surface area contributed by atoms with E-state index in [1.807, 2.05) is 0 Å². The molecular formula is C26H44O4. The summed E-state index contributed by atoms with van der Waals surface area (Å²) < 4.78 is 0. The van der Waals surface area contributed by atoms with Crippen molar-refractivity contribution >= 4 is 11.9 Å². The van der Waals surface area contributed by atoms with Gasteiger partial charge < -0.3 is 10.2 Å². The minimum Gasteiger partial charge on any atom is -0.481 e. The molecule has 8 rings (SSSR count). The van der Waals surface area contributed by atoms with E-state index in [2.05, 4.69) is 13.8 Å². The van der Waals surface area contributed by atoms with Crippen molar-refractivity contribution in [2.45, 2.75) is 105 Å². The molecule has 8 bridgehead atoms. The van der Waals surface area contributed by atoms with Crippen LogP contribution in [-0.4, -0.2) is 22.2 Å². The third-order valence-corrected chi connectivity index (χ3v) is 8.69. The molecule has 4 heteroatoms. The molecular weight excluding hydrogens is 376 g/mol. The second kappa shape index (κ2) is 9.20. The van der Waals surface area contributed by atoms with Crippen LogP contribution in [0.1, 0.15) is 105 Å². The van der Waals surface area contributed by atoms with Crippen molar-refractivity contribution in [2.75, 3.05) is 0 Å². The number of carboxylic acids is 2. The molecule has 0 aromatic carbocycles. The lowest BCUT2D eigenvalue weighted by molar-refractivity contribution is -0.135. The predicted octanol–water partition coefficient (Wildman–Crippen LogP) is 6.63. The summed E-state index contributed by atoms with van der Waals surface area (Å²) in [6, 6.07) is 0. The lowest BCUT2D eigenvalue weighted by Gasteiger charge is -2.55. The van der Waals surface area contributed by atoms with Crippen LogP contribution in [0.4, 0.5) is 0 Å². The first kappa shape index (κ1) is 23.6.